The number of hydrogen-bond donors (Lipinski definition) is 2. The Bertz CT molecular complexity index is 837. The number of carbonyl (C=O) groups is 2. The van der Waals surface area contributed by atoms with E-state index in [9.17, 15) is 22.8 Å². The molecule has 0 spiro atoms. The number of benzene rings is 2. The molecule has 0 fully saturated rings. The zero-order chi connectivity index (χ0) is 20.2. The van der Waals surface area contributed by atoms with Gasteiger partial charge < -0.3 is 15.5 Å². The van der Waals surface area contributed by atoms with Crippen LogP contribution in [0.4, 0.5) is 30.2 Å². The summed E-state index contributed by atoms with van der Waals surface area (Å²) in [6.07, 6.45) is -5.32. The van der Waals surface area contributed by atoms with Gasteiger partial charge in [0, 0.05) is 30.5 Å². The number of nitrogens with one attached hydrogen (secondary N) is 2. The summed E-state index contributed by atoms with van der Waals surface area (Å²) < 4.78 is 39.1. The SMILES string of the molecule is CN(C)c1ccc(NC(=O)CC(=O)Nc2ccc(Cl)cc2C(F)(F)F)cc1. The van der Waals surface area contributed by atoms with Gasteiger partial charge in [0.2, 0.25) is 11.8 Å². The van der Waals surface area contributed by atoms with Gasteiger partial charge in [-0.05, 0) is 42.5 Å². The van der Waals surface area contributed by atoms with Gasteiger partial charge in [0.05, 0.1) is 11.3 Å². The maximum atomic E-state index is 13.0. The number of rotatable bonds is 5. The van der Waals surface area contributed by atoms with Crippen LogP contribution < -0.4 is 15.5 Å². The summed E-state index contributed by atoms with van der Waals surface area (Å²) in [7, 11) is 3.73. The van der Waals surface area contributed by atoms with Crippen molar-refractivity contribution in [1.82, 2.24) is 0 Å². The fraction of sp³-hybridized carbons (Fsp3) is 0.222. The molecule has 0 saturated heterocycles. The van der Waals surface area contributed by atoms with Crippen LogP contribution in [0.25, 0.3) is 0 Å². The van der Waals surface area contributed by atoms with E-state index in [0.717, 1.165) is 11.8 Å². The van der Waals surface area contributed by atoms with Crippen LogP contribution in [0.15, 0.2) is 42.5 Å². The third-order valence-electron chi connectivity index (χ3n) is 3.55. The maximum Gasteiger partial charge on any atom is 0.418 e. The van der Waals surface area contributed by atoms with Crippen LogP contribution in [0, 0.1) is 0 Å². The van der Waals surface area contributed by atoms with Crippen LogP contribution in [0.3, 0.4) is 0 Å². The second kappa shape index (κ2) is 8.30. The van der Waals surface area contributed by atoms with Crippen molar-refractivity contribution in [3.05, 3.63) is 53.1 Å². The van der Waals surface area contributed by atoms with Gasteiger partial charge >= 0.3 is 6.18 Å². The van der Waals surface area contributed by atoms with E-state index in [4.69, 9.17) is 11.6 Å². The van der Waals surface area contributed by atoms with Crippen LogP contribution in [0.5, 0.6) is 0 Å². The zero-order valence-corrected chi connectivity index (χ0v) is 15.3. The van der Waals surface area contributed by atoms with E-state index in [1.807, 2.05) is 19.0 Å². The minimum Gasteiger partial charge on any atom is -0.378 e. The molecule has 2 amide bonds. The van der Waals surface area contributed by atoms with Crippen LogP contribution in [0.1, 0.15) is 12.0 Å². The second-order valence-corrected chi connectivity index (χ2v) is 6.34. The number of halogens is 4. The molecule has 0 aromatic heterocycles. The predicted molar refractivity (Wildman–Crippen MR) is 99.1 cm³/mol. The lowest BCUT2D eigenvalue weighted by Crippen LogP contribution is -2.23. The van der Waals surface area contributed by atoms with Crippen molar-refractivity contribution in [2.75, 3.05) is 29.6 Å². The maximum absolute atomic E-state index is 13.0. The van der Waals surface area contributed by atoms with E-state index in [1.54, 1.807) is 24.3 Å². The minimum absolute atomic E-state index is 0.112. The van der Waals surface area contributed by atoms with Gasteiger partial charge in [-0.25, -0.2) is 0 Å². The van der Waals surface area contributed by atoms with Crippen LogP contribution in [-0.2, 0) is 15.8 Å². The Balaban J connectivity index is 2.00. The molecule has 0 radical (unpaired) electrons. The molecule has 144 valence electrons. The van der Waals surface area contributed by atoms with Gasteiger partial charge in [0.25, 0.3) is 0 Å². The molecule has 2 rings (SSSR count). The van der Waals surface area contributed by atoms with Gasteiger partial charge in [-0.15, -0.1) is 0 Å². The molecule has 0 aliphatic heterocycles. The van der Waals surface area contributed by atoms with E-state index in [-0.39, 0.29) is 5.02 Å². The molecule has 0 atom stereocenters. The first-order valence-corrected chi connectivity index (χ1v) is 8.18. The van der Waals surface area contributed by atoms with E-state index >= 15 is 0 Å². The number of carbonyl (C=O) groups excluding carboxylic acids is 2. The normalized spacial score (nSPS) is 11.0. The molecule has 0 heterocycles. The van der Waals surface area contributed by atoms with Crippen molar-refractivity contribution in [1.29, 1.82) is 0 Å². The molecule has 2 N–H and O–H groups in total. The number of hydrogen-bond acceptors (Lipinski definition) is 3. The van der Waals surface area contributed by atoms with Crippen molar-refractivity contribution >= 4 is 40.5 Å². The molecular formula is C18H17ClF3N3O2. The zero-order valence-electron chi connectivity index (χ0n) is 14.5. The Morgan fingerprint density at radius 1 is 1.00 bits per heavy atom. The van der Waals surface area contributed by atoms with Gasteiger partial charge in [0.15, 0.2) is 0 Å². The molecular weight excluding hydrogens is 383 g/mol. The first-order chi connectivity index (χ1) is 12.6. The average molecular weight is 400 g/mol. The smallest absolute Gasteiger partial charge is 0.378 e. The Labute approximate surface area is 159 Å². The standard InChI is InChI=1S/C18H17ClF3N3O2/c1-25(2)13-6-4-12(5-7-13)23-16(26)10-17(27)24-15-8-3-11(19)9-14(15)18(20,21)22/h3-9H,10H2,1-2H3,(H,23,26)(H,24,27). The van der Waals surface area contributed by atoms with Crippen molar-refractivity contribution in [2.24, 2.45) is 0 Å². The van der Waals surface area contributed by atoms with Gasteiger partial charge in [-0.2, -0.15) is 13.2 Å². The second-order valence-electron chi connectivity index (χ2n) is 5.90. The number of amides is 2. The highest BCUT2D eigenvalue weighted by molar-refractivity contribution is 6.30. The van der Waals surface area contributed by atoms with Gasteiger partial charge in [-0.3, -0.25) is 9.59 Å². The van der Waals surface area contributed by atoms with Crippen molar-refractivity contribution in [2.45, 2.75) is 12.6 Å². The molecule has 9 heteroatoms. The topological polar surface area (TPSA) is 61.4 Å². The first-order valence-electron chi connectivity index (χ1n) is 7.80. The summed E-state index contributed by atoms with van der Waals surface area (Å²) in [4.78, 5) is 25.8. The Hall–Kier alpha value is -2.74. The Morgan fingerprint density at radius 3 is 2.15 bits per heavy atom. The fourth-order valence-corrected chi connectivity index (χ4v) is 2.42. The van der Waals surface area contributed by atoms with Gasteiger partial charge in [0.1, 0.15) is 6.42 Å². The highest BCUT2D eigenvalue weighted by Crippen LogP contribution is 2.36. The van der Waals surface area contributed by atoms with Crippen molar-refractivity contribution in [3.63, 3.8) is 0 Å². The summed E-state index contributed by atoms with van der Waals surface area (Å²) in [5.41, 5.74) is -0.142. The molecule has 0 bridgehead atoms. The molecule has 2 aromatic rings. The molecule has 0 aliphatic rings. The Kier molecular flexibility index (Phi) is 6.32. The summed E-state index contributed by atoms with van der Waals surface area (Å²) >= 11 is 5.58. The van der Waals surface area contributed by atoms with E-state index in [1.165, 1.54) is 6.07 Å². The molecule has 2 aromatic carbocycles. The first kappa shape index (κ1) is 20.6. The third-order valence-corrected chi connectivity index (χ3v) is 3.78. The summed E-state index contributed by atoms with van der Waals surface area (Å²) in [5, 5.41) is 4.51. The minimum atomic E-state index is -4.69. The van der Waals surface area contributed by atoms with E-state index < -0.39 is 35.7 Å². The number of alkyl halides is 3. The third kappa shape index (κ3) is 5.89. The molecule has 5 nitrogen and oxygen atoms in total. The number of anilines is 3. The van der Waals surface area contributed by atoms with Gasteiger partial charge in [-0.1, -0.05) is 11.6 Å². The quantitative estimate of drug-likeness (QED) is 0.733. The van der Waals surface area contributed by atoms with Crippen LogP contribution >= 0.6 is 11.6 Å². The van der Waals surface area contributed by atoms with Crippen LogP contribution in [0.2, 0.25) is 5.02 Å². The lowest BCUT2D eigenvalue weighted by atomic mass is 10.1. The predicted octanol–water partition coefficient (Wildman–Crippen LogP) is 4.39. The van der Waals surface area contributed by atoms with Crippen LogP contribution in [-0.4, -0.2) is 25.9 Å². The largest absolute Gasteiger partial charge is 0.418 e. The molecule has 0 unspecified atom stereocenters. The lowest BCUT2D eigenvalue weighted by molar-refractivity contribution is -0.137. The highest BCUT2D eigenvalue weighted by atomic mass is 35.5. The average Bonchev–Trinajstić information content (AvgIpc) is 2.55. The summed E-state index contributed by atoms with van der Waals surface area (Å²) in [6.45, 7) is 0. The van der Waals surface area contributed by atoms with Crippen molar-refractivity contribution < 1.29 is 22.8 Å². The molecule has 27 heavy (non-hydrogen) atoms. The summed E-state index contributed by atoms with van der Waals surface area (Å²) in [5.74, 6) is -1.52. The molecule has 0 saturated carbocycles. The monoisotopic (exact) mass is 399 g/mol. The molecule has 0 aliphatic carbocycles. The lowest BCUT2D eigenvalue weighted by Gasteiger charge is -2.14. The van der Waals surface area contributed by atoms with E-state index in [0.29, 0.717) is 11.8 Å². The summed E-state index contributed by atoms with van der Waals surface area (Å²) in [6, 6.07) is 9.85. The number of nitrogens with zero attached hydrogens (tertiary/aromatic N) is 1. The highest BCUT2D eigenvalue weighted by Gasteiger charge is 2.34. The van der Waals surface area contributed by atoms with Crippen molar-refractivity contribution in [3.8, 4) is 0 Å². The van der Waals surface area contributed by atoms with E-state index in [2.05, 4.69) is 10.6 Å². The Morgan fingerprint density at radius 2 is 1.59 bits per heavy atom. The fourth-order valence-electron chi connectivity index (χ4n) is 2.25.